The van der Waals surface area contributed by atoms with Crippen molar-refractivity contribution in [1.29, 1.82) is 0 Å². The molecule has 1 spiro atoms. The number of aromatic nitrogens is 1. The predicted octanol–water partition coefficient (Wildman–Crippen LogP) is 7.01. The minimum Gasteiger partial charge on any atom is -0.483 e. The highest BCUT2D eigenvalue weighted by Crippen LogP contribution is 2.49. The minimum absolute atomic E-state index is 0.0827. The molecule has 0 radical (unpaired) electrons. The number of benzene rings is 2. The van der Waals surface area contributed by atoms with Crippen LogP contribution in [0.1, 0.15) is 91.0 Å². The molecule has 54 heavy (non-hydrogen) atoms. The number of halogens is 1. The number of rotatable bonds is 5. The number of aryl methyl sites for hydroxylation is 1. The van der Waals surface area contributed by atoms with Crippen LogP contribution in [0.15, 0.2) is 60.7 Å². The third-order valence-electron chi connectivity index (χ3n) is 11.2. The molecular weight excluding hydrogens is 689 g/mol. The fraction of sp³-hybridized carbons (Fsp3) is 0.512. The van der Waals surface area contributed by atoms with E-state index in [-0.39, 0.29) is 37.8 Å². The Hall–Kier alpha value is -4.80. The van der Waals surface area contributed by atoms with Gasteiger partial charge in [-0.1, -0.05) is 55.3 Å². The van der Waals surface area contributed by atoms with Crippen LogP contribution in [0.4, 0.5) is 4.39 Å². The number of amides is 2. The number of para-hydroxylation sites is 1. The van der Waals surface area contributed by atoms with Crippen LogP contribution in [-0.2, 0) is 35.1 Å². The second-order valence-electron chi connectivity index (χ2n) is 16.3. The summed E-state index contributed by atoms with van der Waals surface area (Å²) in [6.07, 6.45) is 9.26. The minimum atomic E-state index is -1.22. The lowest BCUT2D eigenvalue weighted by Gasteiger charge is -2.37. The number of hydrogen-bond donors (Lipinski definition) is 1. The third kappa shape index (κ3) is 7.59. The summed E-state index contributed by atoms with van der Waals surface area (Å²) < 4.78 is 32.8. The van der Waals surface area contributed by atoms with Gasteiger partial charge in [0.25, 0.3) is 0 Å². The monoisotopic (exact) mass is 739 g/mol. The molecule has 1 N–H and O–H groups in total. The van der Waals surface area contributed by atoms with Crippen LogP contribution in [0.2, 0.25) is 0 Å². The number of carbonyl (C=O) groups excluding carboxylic acids is 4. The van der Waals surface area contributed by atoms with E-state index in [0.29, 0.717) is 42.7 Å². The summed E-state index contributed by atoms with van der Waals surface area (Å²) in [5.41, 5.74) is -0.226. The van der Waals surface area contributed by atoms with E-state index in [4.69, 9.17) is 19.2 Å². The number of hydrogen-bond acceptors (Lipinski definition) is 8. The topological polar surface area (TPSA) is 124 Å². The zero-order valence-electron chi connectivity index (χ0n) is 31.6. The number of pyridine rings is 1. The van der Waals surface area contributed by atoms with Gasteiger partial charge < -0.3 is 24.4 Å². The summed E-state index contributed by atoms with van der Waals surface area (Å²) in [6.45, 7) is 7.36. The van der Waals surface area contributed by atoms with E-state index in [1.807, 2.05) is 30.3 Å². The zero-order valence-corrected chi connectivity index (χ0v) is 31.6. The van der Waals surface area contributed by atoms with Crippen molar-refractivity contribution in [2.24, 2.45) is 11.8 Å². The van der Waals surface area contributed by atoms with Gasteiger partial charge in [0.2, 0.25) is 11.8 Å². The van der Waals surface area contributed by atoms with E-state index in [2.05, 4.69) is 11.4 Å². The number of allylic oxidation sites excluding steroid dienone is 1. The van der Waals surface area contributed by atoms with Crippen LogP contribution in [0.3, 0.4) is 0 Å². The SMILES string of the molecule is CCOC(=O)[C@@]12C[C@H]1/C=C\CCCCC[C@H](CC(=O)OC(C)(C)C)C(=O)N1C[C@@]3(CCc4c(c(-c5cccc(F)c5)nc5ccccc45)O3)C[C@H]1C(=O)N2. The molecule has 286 valence electrons. The molecule has 2 fully saturated rings. The number of nitrogens with one attached hydrogen (secondary N) is 1. The molecule has 1 aliphatic carbocycles. The maximum Gasteiger partial charge on any atom is 0.332 e. The summed E-state index contributed by atoms with van der Waals surface area (Å²) in [4.78, 5) is 62.6. The van der Waals surface area contributed by atoms with Crippen LogP contribution in [0.5, 0.6) is 5.75 Å². The molecule has 1 aromatic heterocycles. The highest BCUT2D eigenvalue weighted by Gasteiger charge is 2.63. The number of fused-ring (bicyclic) bond motifs is 5. The molecule has 0 unspecified atom stereocenters. The Bertz CT molecular complexity index is 1990. The van der Waals surface area contributed by atoms with Crippen LogP contribution in [0, 0.1) is 17.7 Å². The average molecular weight is 740 g/mol. The van der Waals surface area contributed by atoms with Crippen LogP contribution >= 0.6 is 0 Å². The Labute approximate surface area is 315 Å². The van der Waals surface area contributed by atoms with Gasteiger partial charge in [-0.15, -0.1) is 0 Å². The first-order chi connectivity index (χ1) is 25.8. The molecule has 1 saturated heterocycles. The van der Waals surface area contributed by atoms with Crippen molar-refractivity contribution in [3.05, 3.63) is 72.1 Å². The van der Waals surface area contributed by atoms with Gasteiger partial charge in [-0.2, -0.15) is 0 Å². The normalized spacial score (nSPS) is 27.7. The highest BCUT2D eigenvalue weighted by atomic mass is 19.1. The molecule has 2 aromatic carbocycles. The molecule has 4 aliphatic rings. The largest absolute Gasteiger partial charge is 0.483 e. The Morgan fingerprint density at radius 3 is 2.67 bits per heavy atom. The Morgan fingerprint density at radius 2 is 1.89 bits per heavy atom. The number of esters is 2. The third-order valence-corrected chi connectivity index (χ3v) is 11.2. The molecular formula is C43H50FN3O7. The molecule has 0 bridgehead atoms. The van der Waals surface area contributed by atoms with E-state index in [0.717, 1.165) is 42.1 Å². The summed E-state index contributed by atoms with van der Waals surface area (Å²) in [6, 6.07) is 13.0. The summed E-state index contributed by atoms with van der Waals surface area (Å²) in [5, 5.41) is 3.97. The Kier molecular flexibility index (Phi) is 10.3. The van der Waals surface area contributed by atoms with Crippen LogP contribution < -0.4 is 10.1 Å². The van der Waals surface area contributed by atoms with E-state index in [1.165, 1.54) is 12.1 Å². The first-order valence-corrected chi connectivity index (χ1v) is 19.4. The molecule has 10 nitrogen and oxygen atoms in total. The quantitative estimate of drug-likeness (QED) is 0.219. The van der Waals surface area contributed by atoms with Gasteiger partial charge in [0.1, 0.15) is 40.0 Å². The van der Waals surface area contributed by atoms with Crippen molar-refractivity contribution in [2.75, 3.05) is 13.2 Å². The maximum absolute atomic E-state index is 14.8. The number of ether oxygens (including phenoxy) is 3. The smallest absolute Gasteiger partial charge is 0.332 e. The standard InChI is InChI=1S/C43H50FN3O7/c1-5-52-40(51)43-24-29(43)16-10-8-6-7-9-14-28(23-35(48)53-41(2,3)4)39(50)47-26-42(25-34(47)38(49)46-43)21-20-32-31-18-11-12-19-33(31)45-36(37(32)54-42)27-15-13-17-30(44)22-27/h10-13,15-19,22,28-29,34H,5-9,14,20-21,23-26H2,1-4H3,(H,46,49)/b16-10-/t28-,29-,34+,42-,43-/m1/s1. The van der Waals surface area contributed by atoms with Crippen molar-refractivity contribution < 1.29 is 37.8 Å². The first-order valence-electron chi connectivity index (χ1n) is 19.4. The van der Waals surface area contributed by atoms with Gasteiger partial charge in [0.05, 0.1) is 25.1 Å². The lowest BCUT2D eigenvalue weighted by atomic mass is 9.86. The summed E-state index contributed by atoms with van der Waals surface area (Å²) in [5.74, 6) is -2.60. The lowest BCUT2D eigenvalue weighted by Crippen LogP contribution is -2.54. The first kappa shape index (κ1) is 37.5. The molecule has 3 aromatic rings. The van der Waals surface area contributed by atoms with Crippen molar-refractivity contribution in [2.45, 2.75) is 115 Å². The van der Waals surface area contributed by atoms with E-state index >= 15 is 0 Å². The second-order valence-corrected chi connectivity index (χ2v) is 16.3. The van der Waals surface area contributed by atoms with Crippen molar-refractivity contribution >= 4 is 34.7 Å². The Balaban J connectivity index is 1.28. The van der Waals surface area contributed by atoms with Gasteiger partial charge in [0.15, 0.2) is 0 Å². The zero-order chi connectivity index (χ0) is 38.3. The van der Waals surface area contributed by atoms with Crippen molar-refractivity contribution in [3.63, 3.8) is 0 Å². The van der Waals surface area contributed by atoms with Crippen LogP contribution in [-0.4, -0.2) is 69.6 Å². The maximum atomic E-state index is 14.8. The molecule has 4 heterocycles. The fourth-order valence-electron chi connectivity index (χ4n) is 8.48. The average Bonchev–Trinajstić information content (AvgIpc) is 3.70. The van der Waals surface area contributed by atoms with E-state index < -0.39 is 52.4 Å². The van der Waals surface area contributed by atoms with E-state index in [9.17, 15) is 23.6 Å². The number of carbonyl (C=O) groups is 4. The summed E-state index contributed by atoms with van der Waals surface area (Å²) >= 11 is 0. The second kappa shape index (κ2) is 14.8. The highest BCUT2D eigenvalue weighted by molar-refractivity contribution is 5.96. The van der Waals surface area contributed by atoms with Gasteiger partial charge in [-0.05, 0) is 84.4 Å². The van der Waals surface area contributed by atoms with E-state index in [1.54, 1.807) is 44.7 Å². The van der Waals surface area contributed by atoms with Gasteiger partial charge in [-0.3, -0.25) is 14.4 Å². The van der Waals surface area contributed by atoms with Crippen LogP contribution in [0.25, 0.3) is 22.2 Å². The Morgan fingerprint density at radius 1 is 1.07 bits per heavy atom. The predicted molar refractivity (Wildman–Crippen MR) is 201 cm³/mol. The number of nitrogens with zero attached hydrogens (tertiary/aromatic N) is 2. The molecule has 7 rings (SSSR count). The summed E-state index contributed by atoms with van der Waals surface area (Å²) in [7, 11) is 0. The van der Waals surface area contributed by atoms with Gasteiger partial charge in [0, 0.05) is 34.8 Å². The molecule has 2 amide bonds. The van der Waals surface area contributed by atoms with Gasteiger partial charge in [-0.25, -0.2) is 14.2 Å². The van der Waals surface area contributed by atoms with Gasteiger partial charge >= 0.3 is 11.9 Å². The van der Waals surface area contributed by atoms with Crippen molar-refractivity contribution in [3.8, 4) is 17.0 Å². The van der Waals surface area contributed by atoms with Crippen molar-refractivity contribution in [1.82, 2.24) is 15.2 Å². The molecule has 5 atom stereocenters. The molecule has 1 saturated carbocycles. The lowest BCUT2D eigenvalue weighted by molar-refractivity contribution is -0.159. The molecule has 3 aliphatic heterocycles. The molecule has 11 heteroatoms. The fourth-order valence-corrected chi connectivity index (χ4v) is 8.48.